The Bertz CT molecular complexity index is 842. The van der Waals surface area contributed by atoms with Crippen LogP contribution in [0.15, 0.2) is 50.6 Å². The zero-order valence-electron chi connectivity index (χ0n) is 15.6. The van der Waals surface area contributed by atoms with E-state index in [2.05, 4.69) is 16.0 Å². The number of rotatable bonds is 8. The number of carbonyl (C=O) groups excluding carboxylic acids is 1. The molecule has 2 aromatic rings. The number of hydrogen-bond acceptors (Lipinski definition) is 5. The number of aryl methyl sites for hydroxylation is 1. The molecule has 6 nitrogen and oxygen atoms in total. The summed E-state index contributed by atoms with van der Waals surface area (Å²) in [6, 6.07) is 5.23. The summed E-state index contributed by atoms with van der Waals surface area (Å²) in [5, 5.41) is 0.495. The molecule has 0 spiro atoms. The molecule has 0 fully saturated rings. The van der Waals surface area contributed by atoms with Gasteiger partial charge in [0.05, 0.1) is 18.6 Å². The van der Waals surface area contributed by atoms with E-state index in [1.54, 1.807) is 11.2 Å². The highest BCUT2D eigenvalue weighted by molar-refractivity contribution is 7.99. The molecule has 2 aromatic heterocycles. The van der Waals surface area contributed by atoms with E-state index >= 15 is 0 Å². The first-order valence-corrected chi connectivity index (χ1v) is 10.4. The Hall–Kier alpha value is -2.28. The fourth-order valence-corrected chi connectivity index (χ4v) is 3.89. The molecule has 0 aromatic carbocycles. The fourth-order valence-electron chi connectivity index (χ4n) is 3.12. The smallest absolute Gasteiger partial charge is 0.251 e. The van der Waals surface area contributed by atoms with Gasteiger partial charge in [-0.15, -0.1) is 0 Å². The van der Waals surface area contributed by atoms with Gasteiger partial charge in [-0.1, -0.05) is 31.2 Å². The van der Waals surface area contributed by atoms with Crippen LogP contribution in [-0.4, -0.2) is 26.5 Å². The number of furan rings is 1. The first-order chi connectivity index (χ1) is 13.2. The topological polar surface area (TPSA) is 79.2 Å². The van der Waals surface area contributed by atoms with E-state index in [-0.39, 0.29) is 17.2 Å². The maximum atomic E-state index is 12.9. The Morgan fingerprint density at radius 1 is 1.41 bits per heavy atom. The molecule has 0 aliphatic heterocycles. The highest BCUT2D eigenvalue weighted by Gasteiger charge is 2.21. The van der Waals surface area contributed by atoms with Gasteiger partial charge in [0.2, 0.25) is 5.91 Å². The predicted octanol–water partition coefficient (Wildman–Crippen LogP) is 3.89. The van der Waals surface area contributed by atoms with Crippen molar-refractivity contribution < 1.29 is 9.21 Å². The first kappa shape index (κ1) is 19.5. The van der Waals surface area contributed by atoms with Crippen LogP contribution in [0.1, 0.15) is 50.5 Å². The van der Waals surface area contributed by atoms with Crippen LogP contribution in [0.5, 0.6) is 0 Å². The molecule has 0 bridgehead atoms. The van der Waals surface area contributed by atoms with Crippen molar-refractivity contribution in [3.63, 3.8) is 0 Å². The summed E-state index contributed by atoms with van der Waals surface area (Å²) in [5.41, 5.74) is 1.65. The molecule has 0 saturated carbocycles. The second-order valence-electron chi connectivity index (χ2n) is 6.58. The minimum absolute atomic E-state index is 0.00639. The van der Waals surface area contributed by atoms with E-state index in [1.807, 2.05) is 19.1 Å². The normalized spacial score (nSPS) is 14.0. The Morgan fingerprint density at radius 3 is 3.00 bits per heavy atom. The van der Waals surface area contributed by atoms with Crippen molar-refractivity contribution in [2.45, 2.75) is 57.1 Å². The molecule has 0 radical (unpaired) electrons. The van der Waals surface area contributed by atoms with Gasteiger partial charge >= 0.3 is 0 Å². The number of aromatic amines is 1. The minimum Gasteiger partial charge on any atom is -0.467 e. The van der Waals surface area contributed by atoms with Crippen molar-refractivity contribution in [2.75, 3.05) is 5.75 Å². The number of hydrogen-bond donors (Lipinski definition) is 1. The van der Waals surface area contributed by atoms with Crippen LogP contribution < -0.4 is 5.56 Å². The van der Waals surface area contributed by atoms with Crippen LogP contribution in [0.2, 0.25) is 0 Å². The molecular formula is C20H25N3O3S. The molecule has 0 saturated heterocycles. The van der Waals surface area contributed by atoms with Crippen molar-refractivity contribution >= 4 is 17.7 Å². The van der Waals surface area contributed by atoms with Crippen LogP contribution in [-0.2, 0) is 17.8 Å². The lowest BCUT2D eigenvalue weighted by Gasteiger charge is -2.27. The number of thioether (sulfide) groups is 1. The molecule has 1 aliphatic rings. The maximum absolute atomic E-state index is 12.9. The number of allylic oxidation sites excluding steroid dienone is 2. The van der Waals surface area contributed by atoms with Crippen LogP contribution in [0, 0.1) is 0 Å². The average Bonchev–Trinajstić information content (AvgIpc) is 3.18. The predicted molar refractivity (Wildman–Crippen MR) is 105 cm³/mol. The lowest BCUT2D eigenvalue weighted by atomic mass is 10.0. The molecule has 3 rings (SSSR count). The third kappa shape index (κ3) is 5.60. The molecule has 144 valence electrons. The molecule has 27 heavy (non-hydrogen) atoms. The van der Waals surface area contributed by atoms with Crippen molar-refractivity contribution in [1.29, 1.82) is 0 Å². The van der Waals surface area contributed by atoms with Crippen molar-refractivity contribution in [1.82, 2.24) is 14.9 Å². The van der Waals surface area contributed by atoms with E-state index in [0.717, 1.165) is 55.7 Å². The van der Waals surface area contributed by atoms with Gasteiger partial charge in [0, 0.05) is 17.5 Å². The Balaban J connectivity index is 1.70. The maximum Gasteiger partial charge on any atom is 0.251 e. The third-order valence-electron chi connectivity index (χ3n) is 4.42. The number of amides is 1. The van der Waals surface area contributed by atoms with Gasteiger partial charge in [-0.3, -0.25) is 9.59 Å². The SMILES string of the molecule is CCCc1cc(=O)[nH]c(SCC(=O)N(Cc2ccco2)C2=CCCCC2)n1. The summed E-state index contributed by atoms with van der Waals surface area (Å²) in [5.74, 6) is 0.973. The van der Waals surface area contributed by atoms with Crippen molar-refractivity contribution in [3.05, 3.63) is 58.0 Å². The van der Waals surface area contributed by atoms with E-state index in [4.69, 9.17) is 4.42 Å². The zero-order valence-corrected chi connectivity index (χ0v) is 16.4. The summed E-state index contributed by atoms with van der Waals surface area (Å²) in [4.78, 5) is 33.7. The summed E-state index contributed by atoms with van der Waals surface area (Å²) in [6.07, 6.45) is 9.60. The van der Waals surface area contributed by atoms with Crippen LogP contribution in [0.25, 0.3) is 0 Å². The Morgan fingerprint density at radius 2 is 2.30 bits per heavy atom. The van der Waals surface area contributed by atoms with E-state index < -0.39 is 0 Å². The van der Waals surface area contributed by atoms with Gasteiger partial charge < -0.3 is 14.3 Å². The molecule has 1 N–H and O–H groups in total. The Kier molecular flexibility index (Phi) is 6.92. The number of H-pyrrole nitrogens is 1. The average molecular weight is 388 g/mol. The summed E-state index contributed by atoms with van der Waals surface area (Å²) in [6.45, 7) is 2.47. The molecule has 1 amide bonds. The van der Waals surface area contributed by atoms with Crippen LogP contribution >= 0.6 is 11.8 Å². The highest BCUT2D eigenvalue weighted by atomic mass is 32.2. The largest absolute Gasteiger partial charge is 0.467 e. The molecule has 1 aliphatic carbocycles. The molecule has 2 heterocycles. The zero-order chi connectivity index (χ0) is 19.1. The quantitative estimate of drug-likeness (QED) is 0.549. The molecule has 7 heteroatoms. The van der Waals surface area contributed by atoms with Gasteiger partial charge in [-0.2, -0.15) is 0 Å². The van der Waals surface area contributed by atoms with Gasteiger partial charge in [0.15, 0.2) is 5.16 Å². The van der Waals surface area contributed by atoms with Crippen LogP contribution in [0.3, 0.4) is 0 Å². The fraction of sp³-hybridized carbons (Fsp3) is 0.450. The number of carbonyl (C=O) groups is 1. The highest BCUT2D eigenvalue weighted by Crippen LogP contribution is 2.24. The number of aromatic nitrogens is 2. The van der Waals surface area contributed by atoms with E-state index in [1.165, 1.54) is 17.8 Å². The van der Waals surface area contributed by atoms with Gasteiger partial charge in [-0.25, -0.2) is 4.98 Å². The van der Waals surface area contributed by atoms with E-state index in [0.29, 0.717) is 11.7 Å². The van der Waals surface area contributed by atoms with Crippen molar-refractivity contribution in [2.24, 2.45) is 0 Å². The van der Waals surface area contributed by atoms with Gasteiger partial charge in [0.25, 0.3) is 5.56 Å². The monoisotopic (exact) mass is 387 g/mol. The molecular weight excluding hydrogens is 362 g/mol. The van der Waals surface area contributed by atoms with E-state index in [9.17, 15) is 9.59 Å². The van der Waals surface area contributed by atoms with Gasteiger partial charge in [0.1, 0.15) is 5.76 Å². The second-order valence-corrected chi connectivity index (χ2v) is 7.55. The summed E-state index contributed by atoms with van der Waals surface area (Å²) in [7, 11) is 0. The van der Waals surface area contributed by atoms with Gasteiger partial charge in [-0.05, 0) is 44.2 Å². The summed E-state index contributed by atoms with van der Waals surface area (Å²) >= 11 is 1.27. The number of nitrogens with one attached hydrogen (secondary N) is 1. The molecule has 0 unspecified atom stereocenters. The van der Waals surface area contributed by atoms with Crippen molar-refractivity contribution in [3.8, 4) is 0 Å². The first-order valence-electron chi connectivity index (χ1n) is 9.40. The second kappa shape index (κ2) is 9.60. The van der Waals surface area contributed by atoms with Crippen LogP contribution in [0.4, 0.5) is 0 Å². The lowest BCUT2D eigenvalue weighted by Crippen LogP contribution is -2.32. The Labute approximate surface area is 163 Å². The summed E-state index contributed by atoms with van der Waals surface area (Å²) < 4.78 is 5.44. The minimum atomic E-state index is -0.175. The lowest BCUT2D eigenvalue weighted by molar-refractivity contribution is -0.127. The number of nitrogens with zero attached hydrogens (tertiary/aromatic N) is 2. The standard InChI is InChI=1S/C20H25N3O3S/c1-2-7-15-12-18(24)22-20(21-15)27-14-19(25)23(13-17-10-6-11-26-17)16-8-4-3-5-9-16/h6,8,10-12H,2-5,7,9,13-14H2,1H3,(H,21,22,24). The molecule has 0 atom stereocenters. The third-order valence-corrected chi connectivity index (χ3v) is 5.28.